The Hall–Kier alpha value is -2.82. The molecule has 7 nitrogen and oxygen atoms in total. The van der Waals surface area contributed by atoms with E-state index >= 15 is 0 Å². The average molecular weight is 359 g/mol. The van der Waals surface area contributed by atoms with Crippen LogP contribution in [-0.2, 0) is 9.53 Å². The highest BCUT2D eigenvalue weighted by Crippen LogP contribution is 2.27. The van der Waals surface area contributed by atoms with Crippen molar-refractivity contribution in [3.8, 4) is 17.6 Å². The van der Waals surface area contributed by atoms with Gasteiger partial charge in [-0.3, -0.25) is 4.79 Å². The third-order valence-electron chi connectivity index (χ3n) is 3.86. The molecule has 1 heterocycles. The van der Waals surface area contributed by atoms with Crippen LogP contribution in [-0.4, -0.2) is 52.4 Å². The quantitative estimate of drug-likeness (QED) is 0.436. The predicted octanol–water partition coefficient (Wildman–Crippen LogP) is 0.972. The number of cyclic esters (lactones) is 1. The van der Waals surface area contributed by atoms with E-state index in [1.165, 1.54) is 12.1 Å². The Bertz CT molecular complexity index is 789. The number of aliphatic hydroxyl groups excluding tert-OH is 2. The second-order valence-electron chi connectivity index (χ2n) is 5.94. The van der Waals surface area contributed by atoms with Gasteiger partial charge < -0.3 is 25.4 Å². The fraction of sp³-hybridized carbons (Fsp3) is 0.368. The standard InChI is InChI=1S/C19H21NO6/c1-11-5-3-7-14(21)18(24)15(22)8-4-6-12-9-13(20-2)10-16(23)17(12)19(25)26-11/h3,7,9-11,15,18,20,22-24H,5,8H2,1-2H3/b7-3-/t11?,15?,18-/m1/s1. The molecule has 26 heavy (non-hydrogen) atoms. The maximum atomic E-state index is 12.4. The van der Waals surface area contributed by atoms with Crippen LogP contribution in [0.1, 0.15) is 35.7 Å². The second-order valence-corrected chi connectivity index (χ2v) is 5.94. The van der Waals surface area contributed by atoms with Crippen molar-refractivity contribution < 1.29 is 29.6 Å². The van der Waals surface area contributed by atoms with Crippen molar-refractivity contribution in [3.05, 3.63) is 35.4 Å². The molecular weight excluding hydrogens is 338 g/mol. The highest BCUT2D eigenvalue weighted by atomic mass is 16.5. The normalized spacial score (nSPS) is 25.2. The molecule has 0 radical (unpaired) electrons. The highest BCUT2D eigenvalue weighted by Gasteiger charge is 2.23. The zero-order valence-corrected chi connectivity index (χ0v) is 14.5. The van der Waals surface area contributed by atoms with E-state index in [4.69, 9.17) is 4.74 Å². The largest absolute Gasteiger partial charge is 0.507 e. The maximum absolute atomic E-state index is 12.4. The number of hydrogen-bond acceptors (Lipinski definition) is 7. The van der Waals surface area contributed by atoms with E-state index in [0.717, 1.165) is 6.08 Å². The van der Waals surface area contributed by atoms with Gasteiger partial charge in [-0.2, -0.15) is 0 Å². The van der Waals surface area contributed by atoms with Crippen LogP contribution in [0.25, 0.3) is 0 Å². The molecule has 0 aliphatic carbocycles. The van der Waals surface area contributed by atoms with Crippen molar-refractivity contribution in [2.75, 3.05) is 12.4 Å². The van der Waals surface area contributed by atoms with Gasteiger partial charge in [-0.25, -0.2) is 4.79 Å². The number of phenols is 1. The number of benzene rings is 1. The minimum atomic E-state index is -1.59. The molecule has 0 saturated heterocycles. The Balaban J connectivity index is 2.49. The van der Waals surface area contributed by atoms with Crippen LogP contribution in [0, 0.1) is 11.8 Å². The van der Waals surface area contributed by atoms with Gasteiger partial charge in [0.05, 0.1) is 6.10 Å². The molecule has 0 fully saturated rings. The first-order chi connectivity index (χ1) is 12.3. The van der Waals surface area contributed by atoms with Gasteiger partial charge in [-0.1, -0.05) is 17.9 Å². The Labute approximate surface area is 151 Å². The first-order valence-corrected chi connectivity index (χ1v) is 8.14. The monoisotopic (exact) mass is 359 g/mol. The lowest BCUT2D eigenvalue weighted by atomic mass is 10.0. The molecule has 1 aromatic rings. The summed E-state index contributed by atoms with van der Waals surface area (Å²) in [6.45, 7) is 1.63. The van der Waals surface area contributed by atoms with E-state index in [1.807, 2.05) is 0 Å². The lowest BCUT2D eigenvalue weighted by molar-refractivity contribution is -0.127. The molecule has 7 heteroatoms. The molecule has 1 aliphatic heterocycles. The number of nitrogens with one attached hydrogen (secondary N) is 1. The molecule has 2 unspecified atom stereocenters. The predicted molar refractivity (Wildman–Crippen MR) is 94.8 cm³/mol. The van der Waals surface area contributed by atoms with E-state index in [9.17, 15) is 24.9 Å². The van der Waals surface area contributed by atoms with E-state index in [1.54, 1.807) is 20.0 Å². The van der Waals surface area contributed by atoms with Crippen molar-refractivity contribution in [3.63, 3.8) is 0 Å². The number of ketones is 1. The third-order valence-corrected chi connectivity index (χ3v) is 3.86. The van der Waals surface area contributed by atoms with E-state index in [0.29, 0.717) is 5.69 Å². The van der Waals surface area contributed by atoms with Gasteiger partial charge in [-0.15, -0.1) is 0 Å². The Morgan fingerprint density at radius 1 is 1.27 bits per heavy atom. The number of carbonyl (C=O) groups excluding carboxylic acids is 2. The minimum Gasteiger partial charge on any atom is -0.507 e. The number of aliphatic hydroxyl groups is 2. The number of anilines is 1. The van der Waals surface area contributed by atoms with Crippen LogP contribution in [0.2, 0.25) is 0 Å². The smallest absolute Gasteiger partial charge is 0.343 e. The number of carbonyl (C=O) groups is 2. The van der Waals surface area contributed by atoms with Crippen LogP contribution in [0.15, 0.2) is 24.3 Å². The van der Waals surface area contributed by atoms with Crippen molar-refractivity contribution in [2.24, 2.45) is 0 Å². The first-order valence-electron chi connectivity index (χ1n) is 8.14. The molecule has 1 aromatic carbocycles. The number of aromatic hydroxyl groups is 1. The lowest BCUT2D eigenvalue weighted by Crippen LogP contribution is -2.32. The summed E-state index contributed by atoms with van der Waals surface area (Å²) in [4.78, 5) is 24.2. The van der Waals surface area contributed by atoms with E-state index in [-0.39, 0.29) is 29.7 Å². The summed E-state index contributed by atoms with van der Waals surface area (Å²) in [6.07, 6.45) is -0.872. The Kier molecular flexibility index (Phi) is 6.39. The zero-order chi connectivity index (χ0) is 19.3. The maximum Gasteiger partial charge on any atom is 0.343 e. The van der Waals surface area contributed by atoms with Gasteiger partial charge in [0.25, 0.3) is 0 Å². The van der Waals surface area contributed by atoms with Gasteiger partial charge in [0, 0.05) is 37.2 Å². The molecule has 0 amide bonds. The summed E-state index contributed by atoms with van der Waals surface area (Å²) in [6, 6.07) is 2.94. The lowest BCUT2D eigenvalue weighted by Gasteiger charge is -2.15. The van der Waals surface area contributed by atoms with Crippen LogP contribution in [0.5, 0.6) is 5.75 Å². The summed E-state index contributed by atoms with van der Waals surface area (Å²) in [7, 11) is 1.65. The SMILES string of the molecule is CNc1cc(O)c2c(c1)C#CCC(O)[C@H](O)C(=O)/C=C\CC(C)OC2=O. The number of ether oxygens (including phenoxy) is 1. The van der Waals surface area contributed by atoms with Gasteiger partial charge in [0.1, 0.15) is 23.5 Å². The fourth-order valence-electron chi connectivity index (χ4n) is 2.40. The Morgan fingerprint density at radius 2 is 2.00 bits per heavy atom. The van der Waals surface area contributed by atoms with Gasteiger partial charge in [0.15, 0.2) is 5.78 Å². The molecule has 0 saturated carbocycles. The molecule has 138 valence electrons. The van der Waals surface area contributed by atoms with Crippen LogP contribution < -0.4 is 5.32 Å². The molecule has 1 aliphatic rings. The molecule has 4 N–H and O–H groups in total. The number of rotatable bonds is 1. The summed E-state index contributed by atoms with van der Waals surface area (Å²) in [5.41, 5.74) is 0.680. The number of hydrogen-bond donors (Lipinski definition) is 4. The Morgan fingerprint density at radius 3 is 2.69 bits per heavy atom. The van der Waals surface area contributed by atoms with Gasteiger partial charge in [0.2, 0.25) is 0 Å². The van der Waals surface area contributed by atoms with Gasteiger partial charge >= 0.3 is 5.97 Å². The number of esters is 1. The van der Waals surface area contributed by atoms with Crippen LogP contribution in [0.4, 0.5) is 5.69 Å². The van der Waals surface area contributed by atoms with Crippen molar-refractivity contribution in [1.82, 2.24) is 0 Å². The number of fused-ring (bicyclic) bond motifs is 1. The molecular formula is C19H21NO6. The third kappa shape index (κ3) is 4.63. The summed E-state index contributed by atoms with van der Waals surface area (Å²) in [5.74, 6) is 3.65. The van der Waals surface area contributed by atoms with Crippen molar-refractivity contribution >= 4 is 17.4 Å². The molecule has 2 rings (SSSR count). The molecule has 0 aromatic heterocycles. The minimum absolute atomic E-state index is 0.0736. The van der Waals surface area contributed by atoms with E-state index in [2.05, 4.69) is 17.2 Å². The zero-order valence-electron chi connectivity index (χ0n) is 14.5. The van der Waals surface area contributed by atoms with E-state index < -0.39 is 30.1 Å². The second kappa shape index (κ2) is 8.52. The number of phenolic OH excluding ortho intramolecular Hbond substituents is 1. The molecule has 0 spiro atoms. The van der Waals surface area contributed by atoms with Crippen molar-refractivity contribution in [2.45, 2.75) is 38.1 Å². The molecule has 3 atom stereocenters. The fourth-order valence-corrected chi connectivity index (χ4v) is 2.40. The van der Waals surface area contributed by atoms with Crippen LogP contribution >= 0.6 is 0 Å². The van der Waals surface area contributed by atoms with Gasteiger partial charge in [-0.05, 0) is 19.1 Å². The summed E-state index contributed by atoms with van der Waals surface area (Å²) < 4.78 is 5.30. The highest BCUT2D eigenvalue weighted by molar-refractivity contribution is 5.96. The summed E-state index contributed by atoms with van der Waals surface area (Å²) >= 11 is 0. The van der Waals surface area contributed by atoms with Crippen LogP contribution in [0.3, 0.4) is 0 Å². The van der Waals surface area contributed by atoms with Crippen molar-refractivity contribution in [1.29, 1.82) is 0 Å². The topological polar surface area (TPSA) is 116 Å². The first kappa shape index (κ1) is 19.5. The molecule has 0 bridgehead atoms. The summed E-state index contributed by atoms with van der Waals surface area (Å²) in [5, 5.41) is 32.8. The average Bonchev–Trinajstić information content (AvgIpc) is 2.59.